The van der Waals surface area contributed by atoms with Crippen LogP contribution in [-0.2, 0) is 5.75 Å². The maximum atomic E-state index is 8.88. The number of hydrogen-bond donors (Lipinski definition) is 0. The minimum atomic E-state index is 0.00512. The van der Waals surface area contributed by atoms with E-state index >= 15 is 0 Å². The van der Waals surface area contributed by atoms with Gasteiger partial charge in [-0.15, -0.1) is 0 Å². The summed E-state index contributed by atoms with van der Waals surface area (Å²) in [5.74, 6) is 2.88. The average Bonchev–Trinajstić information content (AvgIpc) is 2.86. The molecule has 1 aromatic rings. The maximum absolute atomic E-state index is 8.88. The summed E-state index contributed by atoms with van der Waals surface area (Å²) in [7, 11) is 0. The second-order valence-corrected chi connectivity index (χ2v) is 4.90. The van der Waals surface area contributed by atoms with Gasteiger partial charge in [0.05, 0.1) is 23.5 Å². The lowest BCUT2D eigenvalue weighted by Gasteiger charge is -2.03. The molecular formula is C11H13NOS. The molecular weight excluding hydrogens is 194 g/mol. The molecule has 1 saturated carbocycles. The van der Waals surface area contributed by atoms with Crippen molar-refractivity contribution in [1.29, 1.82) is 5.26 Å². The molecule has 2 nitrogen and oxygen atoms in total. The van der Waals surface area contributed by atoms with E-state index < -0.39 is 0 Å². The van der Waals surface area contributed by atoms with Crippen LogP contribution in [0.15, 0.2) is 16.7 Å². The van der Waals surface area contributed by atoms with Gasteiger partial charge in [-0.1, -0.05) is 0 Å². The Kier molecular flexibility index (Phi) is 2.56. The SMILES string of the molecule is Cc1ccoc1CSCC1(C#N)CC1. The van der Waals surface area contributed by atoms with Crippen molar-refractivity contribution in [3.05, 3.63) is 23.7 Å². The smallest absolute Gasteiger partial charge is 0.116 e. The van der Waals surface area contributed by atoms with Gasteiger partial charge in [0.1, 0.15) is 5.76 Å². The number of thioether (sulfide) groups is 1. The van der Waals surface area contributed by atoms with E-state index in [-0.39, 0.29) is 5.41 Å². The van der Waals surface area contributed by atoms with Crippen LogP contribution in [0.1, 0.15) is 24.2 Å². The summed E-state index contributed by atoms with van der Waals surface area (Å²) < 4.78 is 5.33. The van der Waals surface area contributed by atoms with Crippen molar-refractivity contribution in [3.63, 3.8) is 0 Å². The van der Waals surface area contributed by atoms with Crippen LogP contribution < -0.4 is 0 Å². The molecule has 3 heteroatoms. The lowest BCUT2D eigenvalue weighted by Crippen LogP contribution is -1.99. The first-order valence-corrected chi connectivity index (χ1v) is 5.93. The largest absolute Gasteiger partial charge is 0.468 e. The van der Waals surface area contributed by atoms with Crippen LogP contribution in [-0.4, -0.2) is 5.75 Å². The van der Waals surface area contributed by atoms with Gasteiger partial charge in [-0.3, -0.25) is 0 Å². The molecule has 0 saturated heterocycles. The first-order chi connectivity index (χ1) is 6.76. The van der Waals surface area contributed by atoms with Crippen LogP contribution in [0.3, 0.4) is 0 Å². The third-order valence-corrected chi connectivity index (χ3v) is 3.89. The molecule has 0 N–H and O–H groups in total. The minimum absolute atomic E-state index is 0.00512. The van der Waals surface area contributed by atoms with E-state index in [0.717, 1.165) is 30.1 Å². The van der Waals surface area contributed by atoms with Gasteiger partial charge in [-0.05, 0) is 31.4 Å². The molecule has 0 unspecified atom stereocenters. The highest BCUT2D eigenvalue weighted by Gasteiger charge is 2.42. The summed E-state index contributed by atoms with van der Waals surface area (Å²) in [5, 5.41) is 8.88. The lowest BCUT2D eigenvalue weighted by atomic mass is 10.2. The van der Waals surface area contributed by atoms with Crippen molar-refractivity contribution in [2.24, 2.45) is 5.41 Å². The quantitative estimate of drug-likeness (QED) is 0.761. The normalized spacial score (nSPS) is 17.7. The van der Waals surface area contributed by atoms with Crippen LogP contribution in [0.25, 0.3) is 0 Å². The number of rotatable bonds is 4. The molecule has 1 aliphatic carbocycles. The van der Waals surface area contributed by atoms with Crippen molar-refractivity contribution >= 4 is 11.8 Å². The molecule has 0 aliphatic heterocycles. The first-order valence-electron chi connectivity index (χ1n) is 4.78. The van der Waals surface area contributed by atoms with E-state index in [1.807, 2.05) is 6.07 Å². The van der Waals surface area contributed by atoms with Crippen LogP contribution in [0, 0.1) is 23.7 Å². The Bertz CT molecular complexity index is 360. The molecule has 1 aromatic heterocycles. The zero-order valence-corrected chi connectivity index (χ0v) is 9.06. The second kappa shape index (κ2) is 3.70. The summed E-state index contributed by atoms with van der Waals surface area (Å²) in [4.78, 5) is 0. The lowest BCUT2D eigenvalue weighted by molar-refractivity contribution is 0.527. The molecule has 14 heavy (non-hydrogen) atoms. The highest BCUT2D eigenvalue weighted by molar-refractivity contribution is 7.98. The zero-order valence-electron chi connectivity index (χ0n) is 8.25. The number of aryl methyl sites for hydroxylation is 1. The van der Waals surface area contributed by atoms with Gasteiger partial charge < -0.3 is 4.42 Å². The molecule has 74 valence electrons. The fraction of sp³-hybridized carbons (Fsp3) is 0.545. The van der Waals surface area contributed by atoms with Crippen LogP contribution in [0.4, 0.5) is 0 Å². The number of furan rings is 1. The standard InChI is InChI=1S/C11H13NOS/c1-9-2-5-13-10(9)6-14-8-11(7-12)3-4-11/h2,5H,3-4,6,8H2,1H3. The molecule has 1 aliphatic rings. The summed E-state index contributed by atoms with van der Waals surface area (Å²) in [5.41, 5.74) is 1.21. The fourth-order valence-electron chi connectivity index (χ4n) is 1.33. The predicted molar refractivity (Wildman–Crippen MR) is 56.9 cm³/mol. The number of nitrogens with zero attached hydrogens (tertiary/aromatic N) is 1. The Morgan fingerprint density at radius 2 is 2.43 bits per heavy atom. The molecule has 0 spiro atoms. The van der Waals surface area contributed by atoms with E-state index in [0.29, 0.717) is 0 Å². The van der Waals surface area contributed by atoms with Gasteiger partial charge >= 0.3 is 0 Å². The van der Waals surface area contributed by atoms with E-state index in [1.165, 1.54) is 5.56 Å². The Morgan fingerprint density at radius 1 is 1.64 bits per heavy atom. The molecule has 0 aromatic carbocycles. The van der Waals surface area contributed by atoms with Gasteiger partial charge in [0, 0.05) is 5.75 Å². The highest BCUT2D eigenvalue weighted by Crippen LogP contribution is 2.47. The molecule has 1 heterocycles. The average molecular weight is 207 g/mol. The van der Waals surface area contributed by atoms with E-state index in [4.69, 9.17) is 9.68 Å². The van der Waals surface area contributed by atoms with Gasteiger partial charge in [0.2, 0.25) is 0 Å². The molecule has 2 rings (SSSR count). The number of hydrogen-bond acceptors (Lipinski definition) is 3. The van der Waals surface area contributed by atoms with E-state index in [9.17, 15) is 0 Å². The fourth-order valence-corrected chi connectivity index (χ4v) is 2.66. The van der Waals surface area contributed by atoms with Crippen molar-refractivity contribution in [1.82, 2.24) is 0 Å². The molecule has 0 amide bonds. The Labute approximate surface area is 88.3 Å². The van der Waals surface area contributed by atoms with Gasteiger partial charge in [0.25, 0.3) is 0 Å². The maximum Gasteiger partial charge on any atom is 0.116 e. The molecule has 0 bridgehead atoms. The zero-order chi connectivity index (χ0) is 10.0. The molecule has 0 atom stereocenters. The van der Waals surface area contributed by atoms with Crippen LogP contribution >= 0.6 is 11.8 Å². The summed E-state index contributed by atoms with van der Waals surface area (Å²) in [6.45, 7) is 2.05. The van der Waals surface area contributed by atoms with E-state index in [2.05, 4.69) is 13.0 Å². The van der Waals surface area contributed by atoms with Crippen LogP contribution in [0.2, 0.25) is 0 Å². The van der Waals surface area contributed by atoms with E-state index in [1.54, 1.807) is 18.0 Å². The predicted octanol–water partition coefficient (Wildman–Crippen LogP) is 3.13. The molecule has 0 radical (unpaired) electrons. The first kappa shape index (κ1) is 9.67. The Balaban J connectivity index is 1.79. The van der Waals surface area contributed by atoms with Crippen molar-refractivity contribution in [3.8, 4) is 6.07 Å². The Morgan fingerprint density at radius 3 is 2.93 bits per heavy atom. The Hall–Kier alpha value is -0.880. The van der Waals surface area contributed by atoms with Crippen LogP contribution in [0.5, 0.6) is 0 Å². The van der Waals surface area contributed by atoms with Gasteiger partial charge in [-0.25, -0.2) is 0 Å². The van der Waals surface area contributed by atoms with Crippen molar-refractivity contribution in [2.75, 3.05) is 5.75 Å². The third kappa shape index (κ3) is 1.96. The minimum Gasteiger partial charge on any atom is -0.468 e. The van der Waals surface area contributed by atoms with Gasteiger partial charge in [0.15, 0.2) is 0 Å². The third-order valence-electron chi connectivity index (χ3n) is 2.67. The summed E-state index contributed by atoms with van der Waals surface area (Å²) >= 11 is 1.80. The monoisotopic (exact) mass is 207 g/mol. The number of nitriles is 1. The topological polar surface area (TPSA) is 36.9 Å². The van der Waals surface area contributed by atoms with Crippen molar-refractivity contribution < 1.29 is 4.42 Å². The summed E-state index contributed by atoms with van der Waals surface area (Å²) in [6.07, 6.45) is 3.88. The van der Waals surface area contributed by atoms with Crippen molar-refractivity contribution in [2.45, 2.75) is 25.5 Å². The highest BCUT2D eigenvalue weighted by atomic mass is 32.2. The summed E-state index contributed by atoms with van der Waals surface area (Å²) in [6, 6.07) is 4.37. The van der Waals surface area contributed by atoms with Gasteiger partial charge in [-0.2, -0.15) is 17.0 Å². The molecule has 1 fully saturated rings. The second-order valence-electron chi connectivity index (χ2n) is 3.91.